The van der Waals surface area contributed by atoms with E-state index in [9.17, 15) is 23.2 Å². The second kappa shape index (κ2) is 17.4. The molecule has 3 aromatic heterocycles. The molecule has 1 aliphatic rings. The number of carbonyl (C=O) groups is 3. The number of ether oxygens (including phenoxy) is 3. The van der Waals surface area contributed by atoms with Crippen LogP contribution in [-0.4, -0.2) is 80.2 Å². The molecule has 5 rings (SSSR count). The Morgan fingerprint density at radius 1 is 1.00 bits per heavy atom. The van der Waals surface area contributed by atoms with E-state index in [-0.39, 0.29) is 23.8 Å². The van der Waals surface area contributed by atoms with Crippen LogP contribution < -0.4 is 10.2 Å². The van der Waals surface area contributed by atoms with E-state index in [2.05, 4.69) is 20.4 Å². The van der Waals surface area contributed by atoms with Crippen molar-refractivity contribution in [2.45, 2.75) is 91.9 Å². The van der Waals surface area contributed by atoms with Crippen molar-refractivity contribution in [1.29, 1.82) is 0 Å². The highest BCUT2D eigenvalue weighted by Crippen LogP contribution is 2.33. The summed E-state index contributed by atoms with van der Waals surface area (Å²) >= 11 is 0. The number of aromatic nitrogens is 4. The number of oxazole rings is 1. The summed E-state index contributed by atoms with van der Waals surface area (Å²) in [6.45, 7) is 14.6. The monoisotopic (exact) mass is 765 g/mol. The second-order valence-electron chi connectivity index (χ2n) is 15.3. The lowest BCUT2D eigenvalue weighted by molar-refractivity contribution is 0.0157. The first-order valence-corrected chi connectivity index (χ1v) is 18.3. The SMILES string of the molecule is CCCOCCN(Cc1ccc(-n2cc(NC(=O)c3coc(-c4ccnc(N(CC5CC5)C(=O)OC(C)(C)C)c4)n3)c(C(F)F)n2)cc1)C(=O)OC(C)(C)C. The number of hydrogen-bond acceptors (Lipinski definition) is 10. The largest absolute Gasteiger partial charge is 0.444 e. The van der Waals surface area contributed by atoms with E-state index >= 15 is 0 Å². The fourth-order valence-electron chi connectivity index (χ4n) is 5.27. The number of carbonyl (C=O) groups excluding carboxylic acids is 3. The molecule has 0 spiro atoms. The molecule has 296 valence electrons. The Morgan fingerprint density at radius 3 is 2.33 bits per heavy atom. The molecule has 0 aliphatic heterocycles. The van der Waals surface area contributed by atoms with E-state index < -0.39 is 41.4 Å². The van der Waals surface area contributed by atoms with E-state index in [1.54, 1.807) is 82.8 Å². The number of alkyl halides is 2. The van der Waals surface area contributed by atoms with Gasteiger partial charge in [-0.05, 0) is 96.6 Å². The molecule has 0 unspecified atom stereocenters. The van der Waals surface area contributed by atoms with Gasteiger partial charge < -0.3 is 28.8 Å². The molecule has 1 N–H and O–H groups in total. The quantitative estimate of drug-likeness (QED) is 0.117. The summed E-state index contributed by atoms with van der Waals surface area (Å²) in [4.78, 5) is 50.9. The standard InChI is InChI=1S/C39H49F2N7O7/c1-8-18-52-19-17-46(36(50)54-38(2,3)4)21-25-11-13-28(14-12-25)48-23-29(32(45-48)33(40)41)43-34(49)30-24-53-35(44-30)27-15-16-42-31(20-27)47(22-26-9-10-26)37(51)55-39(5,6)7/h11-16,20,23-24,26,33H,8-10,17-19,21-22H2,1-7H3,(H,43,49). The van der Waals surface area contributed by atoms with Crippen LogP contribution in [0.2, 0.25) is 0 Å². The Morgan fingerprint density at radius 2 is 1.69 bits per heavy atom. The molecule has 3 heterocycles. The first-order chi connectivity index (χ1) is 26.0. The van der Waals surface area contributed by atoms with Gasteiger partial charge in [0.1, 0.15) is 23.3 Å². The number of nitrogens with zero attached hydrogens (tertiary/aromatic N) is 6. The van der Waals surface area contributed by atoms with Crippen molar-refractivity contribution < 1.29 is 41.8 Å². The van der Waals surface area contributed by atoms with Gasteiger partial charge in [-0.1, -0.05) is 19.1 Å². The minimum atomic E-state index is -3.00. The number of benzene rings is 1. The highest BCUT2D eigenvalue weighted by molar-refractivity contribution is 6.03. The minimum Gasteiger partial charge on any atom is -0.444 e. The predicted molar refractivity (Wildman–Crippen MR) is 200 cm³/mol. The maximum absolute atomic E-state index is 14.2. The van der Waals surface area contributed by atoms with Crippen LogP contribution in [-0.2, 0) is 20.8 Å². The zero-order chi connectivity index (χ0) is 39.9. The molecule has 14 nitrogen and oxygen atoms in total. The van der Waals surface area contributed by atoms with Crippen LogP contribution >= 0.6 is 0 Å². The van der Waals surface area contributed by atoms with Gasteiger partial charge in [0, 0.05) is 38.0 Å². The molecule has 0 saturated heterocycles. The first kappa shape index (κ1) is 40.8. The Balaban J connectivity index is 1.29. The van der Waals surface area contributed by atoms with Crippen molar-refractivity contribution in [1.82, 2.24) is 24.6 Å². The molecule has 4 aromatic rings. The molecule has 16 heteroatoms. The highest BCUT2D eigenvalue weighted by Gasteiger charge is 2.32. The van der Waals surface area contributed by atoms with Crippen molar-refractivity contribution in [2.24, 2.45) is 5.92 Å². The van der Waals surface area contributed by atoms with Crippen LogP contribution in [0.3, 0.4) is 0 Å². The topological polar surface area (TPSA) is 154 Å². The van der Waals surface area contributed by atoms with Gasteiger partial charge in [-0.15, -0.1) is 0 Å². The van der Waals surface area contributed by atoms with Crippen LogP contribution in [0.5, 0.6) is 0 Å². The molecule has 1 aliphatic carbocycles. The van der Waals surface area contributed by atoms with E-state index in [1.165, 1.54) is 22.0 Å². The normalized spacial score (nSPS) is 13.1. The van der Waals surface area contributed by atoms with E-state index in [0.29, 0.717) is 49.3 Å². The van der Waals surface area contributed by atoms with Crippen molar-refractivity contribution in [3.63, 3.8) is 0 Å². The fraction of sp³-hybridized carbons (Fsp3) is 0.487. The smallest absolute Gasteiger partial charge is 0.416 e. The molecule has 0 radical (unpaired) electrons. The van der Waals surface area contributed by atoms with Gasteiger partial charge in [0.15, 0.2) is 11.4 Å². The average molecular weight is 766 g/mol. The van der Waals surface area contributed by atoms with Crippen molar-refractivity contribution in [3.05, 3.63) is 72.0 Å². The third kappa shape index (κ3) is 11.8. The van der Waals surface area contributed by atoms with Gasteiger partial charge >= 0.3 is 12.2 Å². The maximum atomic E-state index is 14.2. The Bertz CT molecular complexity index is 1930. The summed E-state index contributed by atoms with van der Waals surface area (Å²) in [7, 11) is 0. The number of nitrogens with one attached hydrogen (secondary N) is 1. The molecule has 55 heavy (non-hydrogen) atoms. The minimum absolute atomic E-state index is 0.0629. The van der Waals surface area contributed by atoms with E-state index in [1.807, 2.05) is 6.92 Å². The lowest BCUT2D eigenvalue weighted by Crippen LogP contribution is -2.38. The molecular weight excluding hydrogens is 716 g/mol. The first-order valence-electron chi connectivity index (χ1n) is 18.3. The second-order valence-corrected chi connectivity index (χ2v) is 15.3. The van der Waals surface area contributed by atoms with Crippen LogP contribution in [0.25, 0.3) is 17.1 Å². The van der Waals surface area contributed by atoms with Gasteiger partial charge in [0.05, 0.1) is 24.2 Å². The number of rotatable bonds is 15. The summed E-state index contributed by atoms with van der Waals surface area (Å²) in [5, 5.41) is 6.52. The summed E-state index contributed by atoms with van der Waals surface area (Å²) in [5.41, 5.74) is -0.746. The Hall–Kier alpha value is -5.38. The number of halogens is 2. The summed E-state index contributed by atoms with van der Waals surface area (Å²) in [6.07, 6.45) is 2.74. The third-order valence-electron chi connectivity index (χ3n) is 8.04. The van der Waals surface area contributed by atoms with E-state index in [0.717, 1.165) is 31.1 Å². The van der Waals surface area contributed by atoms with Crippen LogP contribution in [0.4, 0.5) is 29.9 Å². The van der Waals surface area contributed by atoms with Crippen molar-refractivity contribution in [2.75, 3.05) is 36.5 Å². The predicted octanol–water partition coefficient (Wildman–Crippen LogP) is 8.43. The van der Waals surface area contributed by atoms with Crippen molar-refractivity contribution >= 4 is 29.6 Å². The Labute approximate surface area is 319 Å². The van der Waals surface area contributed by atoms with Crippen LogP contribution in [0, 0.1) is 5.92 Å². The third-order valence-corrected chi connectivity index (χ3v) is 8.04. The number of hydrogen-bond donors (Lipinski definition) is 1. The van der Waals surface area contributed by atoms with Gasteiger partial charge in [-0.2, -0.15) is 5.10 Å². The lowest BCUT2D eigenvalue weighted by atomic mass is 10.2. The Kier molecular flexibility index (Phi) is 12.9. The number of amides is 3. The van der Waals surface area contributed by atoms with Crippen molar-refractivity contribution in [3.8, 4) is 17.1 Å². The molecule has 3 amide bonds. The van der Waals surface area contributed by atoms with Gasteiger partial charge in [-0.25, -0.2) is 33.0 Å². The highest BCUT2D eigenvalue weighted by atomic mass is 19.3. The van der Waals surface area contributed by atoms with Gasteiger partial charge in [0.2, 0.25) is 5.89 Å². The molecular formula is C39H49F2N7O7. The lowest BCUT2D eigenvalue weighted by Gasteiger charge is -2.27. The summed E-state index contributed by atoms with van der Waals surface area (Å²) in [6, 6.07) is 10.1. The molecule has 1 aromatic carbocycles. The zero-order valence-corrected chi connectivity index (χ0v) is 32.3. The van der Waals surface area contributed by atoms with Gasteiger partial charge in [-0.3, -0.25) is 9.69 Å². The zero-order valence-electron chi connectivity index (χ0n) is 32.3. The summed E-state index contributed by atoms with van der Waals surface area (Å²) in [5.74, 6) is -0.0509. The molecule has 1 fully saturated rings. The maximum Gasteiger partial charge on any atom is 0.416 e. The fourth-order valence-corrected chi connectivity index (χ4v) is 5.27. The summed E-state index contributed by atoms with van der Waals surface area (Å²) < 4.78 is 51.9. The van der Waals surface area contributed by atoms with E-state index in [4.69, 9.17) is 18.6 Å². The molecule has 1 saturated carbocycles. The van der Waals surface area contributed by atoms with Crippen LogP contribution in [0.15, 0.2) is 59.5 Å². The average Bonchev–Trinajstić information content (AvgIpc) is 3.61. The van der Waals surface area contributed by atoms with Crippen LogP contribution in [0.1, 0.15) is 95.9 Å². The number of pyridine rings is 1. The molecule has 0 atom stereocenters. The number of anilines is 2. The molecule has 0 bridgehead atoms. The van der Waals surface area contributed by atoms with Gasteiger partial charge in [0.25, 0.3) is 12.3 Å².